The molecule has 1 aliphatic rings. The van der Waals surface area contributed by atoms with Gasteiger partial charge in [0.15, 0.2) is 0 Å². The largest absolute Gasteiger partial charge is 0.494 e. The van der Waals surface area contributed by atoms with Gasteiger partial charge in [-0.1, -0.05) is 28.1 Å². The van der Waals surface area contributed by atoms with Gasteiger partial charge in [-0.2, -0.15) is 5.10 Å². The van der Waals surface area contributed by atoms with Crippen molar-refractivity contribution in [2.24, 2.45) is 0 Å². The second kappa shape index (κ2) is 8.65. The van der Waals surface area contributed by atoms with Gasteiger partial charge in [0.25, 0.3) is 5.91 Å². The zero-order valence-electron chi connectivity index (χ0n) is 16.5. The number of aromatic nitrogens is 2. The second-order valence-corrected chi connectivity index (χ2v) is 7.69. The number of nitrogens with one attached hydrogen (secondary N) is 2. The Morgan fingerprint density at radius 2 is 1.90 bits per heavy atom. The molecular weight excluding hydrogens is 464 g/mol. The van der Waals surface area contributed by atoms with Crippen molar-refractivity contribution in [1.82, 2.24) is 9.78 Å². The minimum Gasteiger partial charge on any atom is -0.494 e. The van der Waals surface area contributed by atoms with Crippen LogP contribution in [0.4, 0.5) is 11.5 Å². The Morgan fingerprint density at radius 1 is 1.19 bits per heavy atom. The van der Waals surface area contributed by atoms with E-state index in [9.17, 15) is 14.7 Å². The molecule has 31 heavy (non-hydrogen) atoms. The summed E-state index contributed by atoms with van der Waals surface area (Å²) >= 11 is 3.40. The van der Waals surface area contributed by atoms with Crippen LogP contribution in [-0.2, 0) is 4.79 Å². The number of anilines is 2. The maximum absolute atomic E-state index is 12.9. The SMILES string of the molecule is CCOc1ccc(NC(=O)c2cnn3c2NC(C(=O)O)=C[C@H]3c2ccc(Br)cc2)cc1. The van der Waals surface area contributed by atoms with Gasteiger partial charge in [0.2, 0.25) is 0 Å². The highest BCUT2D eigenvalue weighted by molar-refractivity contribution is 9.10. The molecule has 0 spiro atoms. The van der Waals surface area contributed by atoms with Crippen molar-refractivity contribution in [3.05, 3.63) is 82.1 Å². The Labute approximate surface area is 186 Å². The number of carbonyl (C=O) groups excluding carboxylic acids is 1. The number of fused-ring (bicyclic) bond motifs is 1. The summed E-state index contributed by atoms with van der Waals surface area (Å²) in [6.45, 7) is 2.45. The fourth-order valence-electron chi connectivity index (χ4n) is 3.28. The summed E-state index contributed by atoms with van der Waals surface area (Å²) in [5, 5.41) is 19.5. The third kappa shape index (κ3) is 4.31. The van der Waals surface area contributed by atoms with Gasteiger partial charge in [-0.15, -0.1) is 0 Å². The van der Waals surface area contributed by atoms with E-state index in [0.29, 0.717) is 23.9 Å². The number of carboxylic acids is 1. The molecule has 0 radical (unpaired) electrons. The van der Waals surface area contributed by atoms with E-state index in [0.717, 1.165) is 10.0 Å². The van der Waals surface area contributed by atoms with Crippen LogP contribution in [0.3, 0.4) is 0 Å². The lowest BCUT2D eigenvalue weighted by molar-refractivity contribution is -0.132. The second-order valence-electron chi connectivity index (χ2n) is 6.77. The molecule has 1 atom stereocenters. The summed E-state index contributed by atoms with van der Waals surface area (Å²) < 4.78 is 7.91. The molecule has 1 aromatic heterocycles. The monoisotopic (exact) mass is 482 g/mol. The zero-order valence-corrected chi connectivity index (χ0v) is 18.1. The molecule has 0 bridgehead atoms. The smallest absolute Gasteiger partial charge is 0.352 e. The van der Waals surface area contributed by atoms with Crippen LogP contribution in [0.5, 0.6) is 5.75 Å². The summed E-state index contributed by atoms with van der Waals surface area (Å²) in [5.74, 6) is -0.499. The molecule has 0 saturated heterocycles. The van der Waals surface area contributed by atoms with Gasteiger partial charge >= 0.3 is 5.97 Å². The number of aliphatic carboxylic acids is 1. The number of carbonyl (C=O) groups is 2. The minimum absolute atomic E-state index is 0.0176. The first-order valence-corrected chi connectivity index (χ1v) is 10.3. The third-order valence-corrected chi connectivity index (χ3v) is 5.27. The van der Waals surface area contributed by atoms with Gasteiger partial charge in [-0.3, -0.25) is 4.79 Å². The number of halogens is 1. The number of hydrogen-bond acceptors (Lipinski definition) is 5. The van der Waals surface area contributed by atoms with E-state index in [4.69, 9.17) is 4.74 Å². The normalized spacial score (nSPS) is 14.8. The quantitative estimate of drug-likeness (QED) is 0.484. The number of amides is 1. The van der Waals surface area contributed by atoms with E-state index < -0.39 is 17.9 Å². The van der Waals surface area contributed by atoms with Crippen molar-refractivity contribution in [3.63, 3.8) is 0 Å². The van der Waals surface area contributed by atoms with Gasteiger partial charge in [-0.25, -0.2) is 9.48 Å². The van der Waals surface area contributed by atoms with E-state index >= 15 is 0 Å². The topological polar surface area (TPSA) is 105 Å². The molecule has 0 fully saturated rings. The molecule has 158 valence electrons. The van der Waals surface area contributed by atoms with E-state index in [1.54, 1.807) is 35.0 Å². The summed E-state index contributed by atoms with van der Waals surface area (Å²) in [7, 11) is 0. The number of allylic oxidation sites excluding steroid dienone is 1. The predicted octanol–water partition coefficient (Wildman–Crippen LogP) is 4.28. The molecule has 1 amide bonds. The molecular formula is C22H19BrN4O4. The Hall–Kier alpha value is -3.59. The molecule has 2 aromatic carbocycles. The van der Waals surface area contributed by atoms with Crippen LogP contribution in [-0.4, -0.2) is 33.4 Å². The van der Waals surface area contributed by atoms with Crippen LogP contribution in [0, 0.1) is 0 Å². The van der Waals surface area contributed by atoms with Crippen LogP contribution in [0.15, 0.2) is 71.0 Å². The van der Waals surface area contributed by atoms with Gasteiger partial charge in [0, 0.05) is 10.2 Å². The maximum atomic E-state index is 12.9. The van der Waals surface area contributed by atoms with Crippen LogP contribution < -0.4 is 15.4 Å². The average molecular weight is 483 g/mol. The Bertz CT molecular complexity index is 1150. The molecule has 0 unspecified atom stereocenters. The van der Waals surface area contributed by atoms with Crippen LogP contribution in [0.1, 0.15) is 28.9 Å². The first-order chi connectivity index (χ1) is 15.0. The van der Waals surface area contributed by atoms with Gasteiger partial charge < -0.3 is 20.5 Å². The number of rotatable bonds is 6. The Morgan fingerprint density at radius 3 is 2.55 bits per heavy atom. The standard InChI is InChI=1S/C22H19BrN4O4/c1-2-31-16-9-7-15(8-10-16)25-21(28)17-12-24-27-19(13-3-5-14(23)6-4-13)11-18(22(29)30)26-20(17)27/h3-12,19,26H,2H2,1H3,(H,25,28)(H,29,30)/t19-/m0/s1. The van der Waals surface area contributed by atoms with Crippen molar-refractivity contribution in [3.8, 4) is 5.75 Å². The lowest BCUT2D eigenvalue weighted by Crippen LogP contribution is -2.25. The fourth-order valence-corrected chi connectivity index (χ4v) is 3.55. The van der Waals surface area contributed by atoms with Crippen molar-refractivity contribution in [2.75, 3.05) is 17.2 Å². The minimum atomic E-state index is -1.12. The third-order valence-electron chi connectivity index (χ3n) is 4.75. The van der Waals surface area contributed by atoms with E-state index in [1.165, 1.54) is 6.20 Å². The summed E-state index contributed by atoms with van der Waals surface area (Å²) in [6, 6.07) is 14.0. The molecule has 2 heterocycles. The van der Waals surface area contributed by atoms with Crippen molar-refractivity contribution < 1.29 is 19.4 Å². The summed E-state index contributed by atoms with van der Waals surface area (Å²) in [6.07, 6.45) is 3.00. The lowest BCUT2D eigenvalue weighted by atomic mass is 10.0. The fraction of sp³-hybridized carbons (Fsp3) is 0.136. The van der Waals surface area contributed by atoms with Crippen LogP contribution >= 0.6 is 15.9 Å². The zero-order chi connectivity index (χ0) is 22.0. The van der Waals surface area contributed by atoms with E-state index in [-0.39, 0.29) is 11.3 Å². The lowest BCUT2D eigenvalue weighted by Gasteiger charge is -2.24. The molecule has 9 heteroatoms. The highest BCUT2D eigenvalue weighted by Crippen LogP contribution is 2.33. The van der Waals surface area contributed by atoms with Gasteiger partial charge in [0.05, 0.1) is 18.8 Å². The van der Waals surface area contributed by atoms with E-state index in [1.807, 2.05) is 31.2 Å². The van der Waals surface area contributed by atoms with Crippen molar-refractivity contribution in [2.45, 2.75) is 13.0 Å². The molecule has 4 rings (SSSR count). The summed E-state index contributed by atoms with van der Waals surface area (Å²) in [5.41, 5.74) is 1.65. The van der Waals surface area contributed by atoms with Gasteiger partial charge in [0.1, 0.15) is 22.8 Å². The number of ether oxygens (including phenoxy) is 1. The molecule has 0 saturated carbocycles. The Kier molecular flexibility index (Phi) is 5.77. The number of carboxylic acid groups (broad SMARTS) is 1. The summed E-state index contributed by atoms with van der Waals surface area (Å²) in [4.78, 5) is 24.6. The first-order valence-electron chi connectivity index (χ1n) is 9.55. The maximum Gasteiger partial charge on any atom is 0.352 e. The number of nitrogens with zero attached hydrogens (tertiary/aromatic N) is 2. The molecule has 1 aliphatic heterocycles. The molecule has 3 N–H and O–H groups in total. The highest BCUT2D eigenvalue weighted by Gasteiger charge is 2.29. The Balaban J connectivity index is 1.64. The van der Waals surface area contributed by atoms with E-state index in [2.05, 4.69) is 31.7 Å². The van der Waals surface area contributed by atoms with Gasteiger partial charge in [-0.05, 0) is 55.0 Å². The first kappa shape index (κ1) is 20.7. The number of benzene rings is 2. The predicted molar refractivity (Wildman–Crippen MR) is 119 cm³/mol. The van der Waals surface area contributed by atoms with Crippen LogP contribution in [0.25, 0.3) is 0 Å². The number of hydrogen-bond donors (Lipinski definition) is 3. The van der Waals surface area contributed by atoms with Crippen molar-refractivity contribution in [1.29, 1.82) is 0 Å². The van der Waals surface area contributed by atoms with Crippen molar-refractivity contribution >= 4 is 39.3 Å². The van der Waals surface area contributed by atoms with Crippen LogP contribution in [0.2, 0.25) is 0 Å². The highest BCUT2D eigenvalue weighted by atomic mass is 79.9. The average Bonchev–Trinajstić information content (AvgIpc) is 3.19. The molecule has 0 aliphatic carbocycles. The molecule has 3 aromatic rings. The molecule has 8 nitrogen and oxygen atoms in total.